The van der Waals surface area contributed by atoms with Gasteiger partial charge in [-0.3, -0.25) is 0 Å². The first kappa shape index (κ1) is 15.7. The normalized spacial score (nSPS) is 16.5. The summed E-state index contributed by atoms with van der Waals surface area (Å²) in [6, 6.07) is -0.118. The van der Waals surface area contributed by atoms with Crippen LogP contribution >= 0.6 is 11.3 Å². The lowest BCUT2D eigenvalue weighted by molar-refractivity contribution is 0.593. The van der Waals surface area contributed by atoms with E-state index in [2.05, 4.69) is 9.97 Å². The SMILES string of the molecule is C[C@@H](CS(C)(=O)=O)N(C)c1ncnc2sc3c(c12)CCCC3. The molecule has 1 atom stereocenters. The summed E-state index contributed by atoms with van der Waals surface area (Å²) in [5.74, 6) is 0.988. The zero-order valence-electron chi connectivity index (χ0n) is 13.2. The molecule has 0 fully saturated rings. The number of rotatable bonds is 4. The molecule has 120 valence electrons. The zero-order chi connectivity index (χ0) is 15.9. The van der Waals surface area contributed by atoms with Gasteiger partial charge in [0.2, 0.25) is 0 Å². The fraction of sp³-hybridized carbons (Fsp3) is 0.600. The molecule has 7 heteroatoms. The van der Waals surface area contributed by atoms with Gasteiger partial charge in [-0.1, -0.05) is 0 Å². The van der Waals surface area contributed by atoms with Gasteiger partial charge < -0.3 is 4.90 Å². The average Bonchev–Trinajstić information content (AvgIpc) is 2.83. The zero-order valence-corrected chi connectivity index (χ0v) is 14.8. The van der Waals surface area contributed by atoms with Crippen molar-refractivity contribution in [3.05, 3.63) is 16.8 Å². The Morgan fingerprint density at radius 1 is 1.32 bits per heavy atom. The molecule has 3 rings (SSSR count). The Morgan fingerprint density at radius 3 is 2.77 bits per heavy atom. The smallest absolute Gasteiger partial charge is 0.149 e. The maximum atomic E-state index is 11.6. The number of hydrogen-bond acceptors (Lipinski definition) is 6. The van der Waals surface area contributed by atoms with Crippen LogP contribution in [0.25, 0.3) is 10.2 Å². The number of anilines is 1. The summed E-state index contributed by atoms with van der Waals surface area (Å²) in [6.07, 6.45) is 7.50. The molecule has 1 aliphatic rings. The van der Waals surface area contributed by atoms with Crippen LogP contribution in [0.15, 0.2) is 6.33 Å². The topological polar surface area (TPSA) is 63.2 Å². The summed E-state index contributed by atoms with van der Waals surface area (Å²) < 4.78 is 23.1. The van der Waals surface area contributed by atoms with E-state index in [0.717, 1.165) is 28.9 Å². The van der Waals surface area contributed by atoms with Gasteiger partial charge >= 0.3 is 0 Å². The fourth-order valence-electron chi connectivity index (χ4n) is 3.10. The van der Waals surface area contributed by atoms with Gasteiger partial charge in [-0.2, -0.15) is 0 Å². The highest BCUT2D eigenvalue weighted by atomic mass is 32.2. The van der Waals surface area contributed by atoms with E-state index in [1.165, 1.54) is 29.5 Å². The lowest BCUT2D eigenvalue weighted by Crippen LogP contribution is -2.35. The number of aryl methyl sites for hydroxylation is 2. The molecule has 0 saturated carbocycles. The summed E-state index contributed by atoms with van der Waals surface area (Å²) in [6.45, 7) is 1.92. The second-order valence-electron chi connectivity index (χ2n) is 6.14. The molecular weight excluding hydrogens is 318 g/mol. The third-order valence-corrected chi connectivity index (χ3v) is 6.56. The first-order valence-corrected chi connectivity index (χ1v) is 10.4. The number of nitrogens with zero attached hydrogens (tertiary/aromatic N) is 3. The number of thiophene rings is 1. The molecular formula is C15H21N3O2S2. The summed E-state index contributed by atoms with van der Waals surface area (Å²) in [5.41, 5.74) is 1.38. The van der Waals surface area contributed by atoms with Crippen LogP contribution in [0.1, 0.15) is 30.2 Å². The lowest BCUT2D eigenvalue weighted by atomic mass is 9.97. The van der Waals surface area contributed by atoms with E-state index in [-0.39, 0.29) is 11.8 Å². The molecule has 0 saturated heterocycles. The molecule has 0 spiro atoms. The summed E-state index contributed by atoms with van der Waals surface area (Å²) in [5, 5.41) is 1.13. The Balaban J connectivity index is 2.05. The van der Waals surface area contributed by atoms with Crippen LogP contribution in [0.4, 0.5) is 5.82 Å². The van der Waals surface area contributed by atoms with Crippen LogP contribution in [-0.4, -0.2) is 43.5 Å². The molecule has 0 bridgehead atoms. The molecule has 22 heavy (non-hydrogen) atoms. The Kier molecular flexibility index (Phi) is 4.11. The van der Waals surface area contributed by atoms with Gasteiger partial charge in [0, 0.05) is 24.2 Å². The number of aromatic nitrogens is 2. The van der Waals surface area contributed by atoms with Gasteiger partial charge in [-0.25, -0.2) is 18.4 Å². The summed E-state index contributed by atoms with van der Waals surface area (Å²) in [7, 11) is -1.09. The molecule has 0 unspecified atom stereocenters. The summed E-state index contributed by atoms with van der Waals surface area (Å²) >= 11 is 1.76. The van der Waals surface area contributed by atoms with E-state index < -0.39 is 9.84 Å². The third-order valence-electron chi connectivity index (χ3n) is 4.27. The largest absolute Gasteiger partial charge is 0.355 e. The van der Waals surface area contributed by atoms with Crippen LogP contribution in [0.5, 0.6) is 0 Å². The molecule has 2 heterocycles. The van der Waals surface area contributed by atoms with Gasteiger partial charge in [0.25, 0.3) is 0 Å². The van der Waals surface area contributed by atoms with Crippen LogP contribution in [0, 0.1) is 0 Å². The highest BCUT2D eigenvalue weighted by molar-refractivity contribution is 7.90. The van der Waals surface area contributed by atoms with Crippen molar-refractivity contribution in [2.75, 3.05) is 24.0 Å². The lowest BCUT2D eigenvalue weighted by Gasteiger charge is -2.26. The van der Waals surface area contributed by atoms with Crippen LogP contribution in [-0.2, 0) is 22.7 Å². The summed E-state index contributed by atoms with van der Waals surface area (Å²) in [4.78, 5) is 13.3. The van der Waals surface area contributed by atoms with Crippen molar-refractivity contribution in [3.63, 3.8) is 0 Å². The number of hydrogen-bond donors (Lipinski definition) is 0. The molecule has 0 amide bonds. The van der Waals surface area contributed by atoms with Crippen molar-refractivity contribution in [1.82, 2.24) is 9.97 Å². The minimum atomic E-state index is -3.02. The number of fused-ring (bicyclic) bond motifs is 3. The predicted octanol–water partition coefficient (Wildman–Crippen LogP) is 2.44. The van der Waals surface area contributed by atoms with Crippen molar-refractivity contribution in [3.8, 4) is 0 Å². The average molecular weight is 339 g/mol. The van der Waals surface area contributed by atoms with Gasteiger partial charge in [0.15, 0.2) is 0 Å². The fourth-order valence-corrected chi connectivity index (χ4v) is 5.42. The molecule has 2 aromatic rings. The standard InChI is InChI=1S/C15H21N3O2S2/c1-10(8-22(3,19)20)18(2)14-13-11-6-4-5-7-12(11)21-15(13)17-9-16-14/h9-10H,4-8H2,1-3H3/t10-/m0/s1. The van der Waals surface area contributed by atoms with Crippen molar-refractivity contribution < 1.29 is 8.42 Å². The van der Waals surface area contributed by atoms with E-state index in [4.69, 9.17) is 0 Å². The van der Waals surface area contributed by atoms with E-state index in [1.807, 2.05) is 18.9 Å². The second kappa shape index (κ2) is 5.77. The van der Waals surface area contributed by atoms with Gasteiger partial charge in [-0.15, -0.1) is 11.3 Å². The first-order valence-electron chi connectivity index (χ1n) is 7.52. The van der Waals surface area contributed by atoms with Crippen molar-refractivity contribution in [2.45, 2.75) is 38.6 Å². The molecule has 5 nitrogen and oxygen atoms in total. The Morgan fingerprint density at radius 2 is 2.05 bits per heavy atom. The van der Waals surface area contributed by atoms with Gasteiger partial charge in [0.1, 0.15) is 26.8 Å². The van der Waals surface area contributed by atoms with Crippen molar-refractivity contribution >= 4 is 37.2 Å². The maximum Gasteiger partial charge on any atom is 0.149 e. The Bertz CT molecular complexity index is 798. The monoisotopic (exact) mass is 339 g/mol. The quantitative estimate of drug-likeness (QED) is 0.856. The predicted molar refractivity (Wildman–Crippen MR) is 91.6 cm³/mol. The second-order valence-corrected chi connectivity index (χ2v) is 9.41. The van der Waals surface area contributed by atoms with Gasteiger partial charge in [-0.05, 0) is 38.2 Å². The van der Waals surface area contributed by atoms with E-state index in [9.17, 15) is 8.42 Å². The van der Waals surface area contributed by atoms with Crippen LogP contribution < -0.4 is 4.90 Å². The Hall–Kier alpha value is -1.21. The molecule has 0 aromatic carbocycles. The van der Waals surface area contributed by atoms with Gasteiger partial charge in [0.05, 0.1) is 11.1 Å². The molecule has 0 aliphatic heterocycles. The van der Waals surface area contributed by atoms with Crippen LogP contribution in [0.3, 0.4) is 0 Å². The Labute approximate surface area is 135 Å². The van der Waals surface area contributed by atoms with E-state index in [0.29, 0.717) is 0 Å². The van der Waals surface area contributed by atoms with E-state index >= 15 is 0 Å². The molecule has 2 aromatic heterocycles. The molecule has 0 radical (unpaired) electrons. The highest BCUT2D eigenvalue weighted by Gasteiger charge is 2.24. The minimum Gasteiger partial charge on any atom is -0.355 e. The highest BCUT2D eigenvalue weighted by Crippen LogP contribution is 2.39. The van der Waals surface area contributed by atoms with Crippen LogP contribution in [0.2, 0.25) is 0 Å². The molecule has 1 aliphatic carbocycles. The minimum absolute atomic E-state index is 0.118. The first-order chi connectivity index (χ1) is 10.4. The number of sulfone groups is 1. The van der Waals surface area contributed by atoms with Crippen molar-refractivity contribution in [2.24, 2.45) is 0 Å². The third kappa shape index (κ3) is 2.96. The van der Waals surface area contributed by atoms with Crippen molar-refractivity contribution in [1.29, 1.82) is 0 Å². The molecule has 0 N–H and O–H groups in total. The maximum absolute atomic E-state index is 11.6. The van der Waals surface area contributed by atoms with E-state index in [1.54, 1.807) is 17.7 Å².